The monoisotopic (exact) mass is 400 g/mol. The molecule has 3 atom stereocenters. The molecule has 0 spiro atoms. The Morgan fingerprint density at radius 2 is 1.97 bits per heavy atom. The second-order valence-electron chi connectivity index (χ2n) is 7.30. The summed E-state index contributed by atoms with van der Waals surface area (Å²) in [5, 5.41) is 15.9. The zero-order valence-corrected chi connectivity index (χ0v) is 16.4. The summed E-state index contributed by atoms with van der Waals surface area (Å²) in [7, 11) is 1.58. The molecule has 0 unspecified atom stereocenters. The number of benzene rings is 2. The number of halogens is 1. The van der Waals surface area contributed by atoms with E-state index in [1.54, 1.807) is 7.11 Å². The summed E-state index contributed by atoms with van der Waals surface area (Å²) in [6.07, 6.45) is -0.247. The smallest absolute Gasteiger partial charge is 0.251 e. The lowest BCUT2D eigenvalue weighted by Gasteiger charge is -2.17. The Hall–Kier alpha value is -2.93. The summed E-state index contributed by atoms with van der Waals surface area (Å²) in [6.45, 7) is 1.88. The number of methoxy groups -OCH3 is 1. The molecule has 0 heterocycles. The van der Waals surface area contributed by atoms with Gasteiger partial charge in [0, 0.05) is 18.0 Å². The molecular weight excluding hydrogens is 375 g/mol. The van der Waals surface area contributed by atoms with E-state index in [9.17, 15) is 19.1 Å². The van der Waals surface area contributed by atoms with Gasteiger partial charge in [-0.05, 0) is 55.2 Å². The van der Waals surface area contributed by atoms with Gasteiger partial charge in [0.25, 0.3) is 5.91 Å². The quantitative estimate of drug-likeness (QED) is 0.695. The van der Waals surface area contributed by atoms with Crippen LogP contribution in [0.3, 0.4) is 0 Å². The van der Waals surface area contributed by atoms with Crippen LogP contribution in [0.5, 0.6) is 5.75 Å². The van der Waals surface area contributed by atoms with E-state index in [4.69, 9.17) is 4.74 Å². The summed E-state index contributed by atoms with van der Waals surface area (Å²) in [5.41, 5.74) is 1.39. The SMILES string of the molecule is COc1cccc(CNC(=O)[C@H]2C[C@H](NC(=O)c3cccc(F)c3C)[C@@H](O)C2)c1. The summed E-state index contributed by atoms with van der Waals surface area (Å²) in [6, 6.07) is 11.1. The maximum Gasteiger partial charge on any atom is 0.251 e. The van der Waals surface area contributed by atoms with Gasteiger partial charge in [-0.25, -0.2) is 4.39 Å². The van der Waals surface area contributed by atoms with E-state index in [1.807, 2.05) is 24.3 Å². The Morgan fingerprint density at radius 1 is 1.21 bits per heavy atom. The molecule has 7 heteroatoms. The topological polar surface area (TPSA) is 87.7 Å². The lowest BCUT2D eigenvalue weighted by Crippen LogP contribution is -2.40. The summed E-state index contributed by atoms with van der Waals surface area (Å²) >= 11 is 0. The van der Waals surface area contributed by atoms with E-state index in [-0.39, 0.29) is 23.5 Å². The fourth-order valence-electron chi connectivity index (χ4n) is 3.60. The van der Waals surface area contributed by atoms with Crippen LogP contribution in [0.25, 0.3) is 0 Å². The minimum absolute atomic E-state index is 0.175. The van der Waals surface area contributed by atoms with Crippen LogP contribution in [-0.4, -0.2) is 36.2 Å². The number of rotatable bonds is 6. The van der Waals surface area contributed by atoms with Gasteiger partial charge >= 0.3 is 0 Å². The van der Waals surface area contributed by atoms with E-state index in [1.165, 1.54) is 25.1 Å². The van der Waals surface area contributed by atoms with E-state index in [2.05, 4.69) is 10.6 Å². The van der Waals surface area contributed by atoms with Crippen molar-refractivity contribution in [2.75, 3.05) is 7.11 Å². The zero-order valence-electron chi connectivity index (χ0n) is 16.4. The van der Waals surface area contributed by atoms with Gasteiger partial charge in [-0.3, -0.25) is 9.59 Å². The van der Waals surface area contributed by atoms with Crippen molar-refractivity contribution in [1.29, 1.82) is 0 Å². The Labute approximate surface area is 169 Å². The first-order valence-corrected chi connectivity index (χ1v) is 9.53. The van der Waals surface area contributed by atoms with Crippen molar-refractivity contribution in [2.45, 2.75) is 38.5 Å². The third-order valence-electron chi connectivity index (χ3n) is 5.33. The maximum absolute atomic E-state index is 13.7. The molecule has 0 radical (unpaired) electrons. The molecule has 1 fully saturated rings. The highest BCUT2D eigenvalue weighted by Gasteiger charge is 2.37. The second-order valence-corrected chi connectivity index (χ2v) is 7.30. The van der Waals surface area contributed by atoms with E-state index < -0.39 is 29.8 Å². The molecule has 1 aliphatic rings. The molecule has 1 aliphatic carbocycles. The molecule has 0 aliphatic heterocycles. The van der Waals surface area contributed by atoms with Crippen molar-refractivity contribution < 1.29 is 23.8 Å². The molecular formula is C22H25FN2O4. The number of aliphatic hydroxyl groups is 1. The highest BCUT2D eigenvalue weighted by atomic mass is 19.1. The van der Waals surface area contributed by atoms with E-state index in [0.29, 0.717) is 18.7 Å². The van der Waals surface area contributed by atoms with Crippen molar-refractivity contribution in [3.63, 3.8) is 0 Å². The third kappa shape index (κ3) is 4.92. The highest BCUT2D eigenvalue weighted by Crippen LogP contribution is 2.27. The molecule has 29 heavy (non-hydrogen) atoms. The fourth-order valence-corrected chi connectivity index (χ4v) is 3.60. The molecule has 1 saturated carbocycles. The number of hydrogen-bond acceptors (Lipinski definition) is 4. The van der Waals surface area contributed by atoms with Gasteiger partial charge in [-0.1, -0.05) is 18.2 Å². The van der Waals surface area contributed by atoms with Crippen LogP contribution in [0, 0.1) is 18.7 Å². The number of nitrogens with one attached hydrogen (secondary N) is 2. The van der Waals surface area contributed by atoms with E-state index >= 15 is 0 Å². The molecule has 0 bridgehead atoms. The lowest BCUT2D eigenvalue weighted by atomic mass is 10.1. The number of ether oxygens (including phenoxy) is 1. The Balaban J connectivity index is 1.56. The first kappa shape index (κ1) is 20.8. The first-order chi connectivity index (χ1) is 13.9. The number of amides is 2. The van der Waals surface area contributed by atoms with Crippen LogP contribution >= 0.6 is 0 Å². The van der Waals surface area contributed by atoms with Crippen molar-refractivity contribution in [1.82, 2.24) is 10.6 Å². The summed E-state index contributed by atoms with van der Waals surface area (Å²) in [4.78, 5) is 25.0. The van der Waals surface area contributed by atoms with Crippen molar-refractivity contribution in [2.24, 2.45) is 5.92 Å². The average molecular weight is 400 g/mol. The van der Waals surface area contributed by atoms with Gasteiger partial charge in [-0.2, -0.15) is 0 Å². The molecule has 154 valence electrons. The fraction of sp³-hybridized carbons (Fsp3) is 0.364. The van der Waals surface area contributed by atoms with Crippen molar-refractivity contribution in [3.8, 4) is 5.75 Å². The molecule has 3 rings (SSSR count). The second kappa shape index (κ2) is 9.05. The van der Waals surface area contributed by atoms with Crippen LogP contribution in [-0.2, 0) is 11.3 Å². The summed E-state index contributed by atoms with van der Waals surface area (Å²) in [5.74, 6) is -0.786. The lowest BCUT2D eigenvalue weighted by molar-refractivity contribution is -0.125. The predicted octanol–water partition coefficient (Wildman–Crippen LogP) is 2.33. The van der Waals surface area contributed by atoms with Gasteiger partial charge in [0.05, 0.1) is 19.3 Å². The third-order valence-corrected chi connectivity index (χ3v) is 5.33. The van der Waals surface area contributed by atoms with E-state index in [0.717, 1.165) is 5.56 Å². The average Bonchev–Trinajstić information content (AvgIpc) is 3.08. The number of carbonyl (C=O) groups is 2. The van der Waals surface area contributed by atoms with Crippen LogP contribution in [0.1, 0.15) is 34.3 Å². The van der Waals surface area contributed by atoms with Gasteiger partial charge in [0.1, 0.15) is 11.6 Å². The number of hydrogen-bond donors (Lipinski definition) is 3. The Kier molecular flexibility index (Phi) is 6.49. The van der Waals surface area contributed by atoms with Crippen LogP contribution in [0.15, 0.2) is 42.5 Å². The molecule has 2 aromatic rings. The van der Waals surface area contributed by atoms with Gasteiger partial charge in [0.15, 0.2) is 0 Å². The molecule has 0 saturated heterocycles. The van der Waals surface area contributed by atoms with Gasteiger partial charge in [0.2, 0.25) is 5.91 Å². The maximum atomic E-state index is 13.7. The minimum Gasteiger partial charge on any atom is -0.497 e. The van der Waals surface area contributed by atoms with Gasteiger partial charge in [-0.15, -0.1) is 0 Å². The standard InChI is InChI=1S/C22H25FN2O4/c1-13-17(7-4-8-18(13)23)22(28)25-19-10-15(11-20(19)26)21(27)24-12-14-5-3-6-16(9-14)29-2/h3-9,15,19-20,26H,10-12H2,1-2H3,(H,24,27)(H,25,28)/t15-,19-,20-/m0/s1. The summed E-state index contributed by atoms with van der Waals surface area (Å²) < 4.78 is 18.8. The van der Waals surface area contributed by atoms with Crippen LogP contribution in [0.2, 0.25) is 0 Å². The van der Waals surface area contributed by atoms with Crippen molar-refractivity contribution >= 4 is 11.8 Å². The normalized spacial score (nSPS) is 20.9. The molecule has 2 amide bonds. The minimum atomic E-state index is -0.833. The van der Waals surface area contributed by atoms with Crippen LogP contribution < -0.4 is 15.4 Å². The highest BCUT2D eigenvalue weighted by molar-refractivity contribution is 5.96. The van der Waals surface area contributed by atoms with Crippen LogP contribution in [0.4, 0.5) is 4.39 Å². The molecule has 3 N–H and O–H groups in total. The van der Waals surface area contributed by atoms with Crippen molar-refractivity contribution in [3.05, 3.63) is 65.0 Å². The molecule has 2 aromatic carbocycles. The molecule has 0 aromatic heterocycles. The largest absolute Gasteiger partial charge is 0.497 e. The Bertz CT molecular complexity index is 902. The predicted molar refractivity (Wildman–Crippen MR) is 106 cm³/mol. The number of aliphatic hydroxyl groups excluding tert-OH is 1. The zero-order chi connectivity index (χ0) is 21.0. The Morgan fingerprint density at radius 3 is 2.72 bits per heavy atom. The molecule has 6 nitrogen and oxygen atoms in total. The van der Waals surface area contributed by atoms with Gasteiger partial charge < -0.3 is 20.5 Å². The number of carbonyl (C=O) groups excluding carboxylic acids is 2. The first-order valence-electron chi connectivity index (χ1n) is 9.53.